The molecule has 0 radical (unpaired) electrons. The molecule has 0 bridgehead atoms. The zero-order chi connectivity index (χ0) is 19.1. The van der Waals surface area contributed by atoms with Gasteiger partial charge in [0.05, 0.1) is 10.7 Å². The number of likely N-dealkylation sites (N-methyl/N-ethyl adjacent to an activating group) is 1. The van der Waals surface area contributed by atoms with E-state index in [9.17, 15) is 0 Å². The van der Waals surface area contributed by atoms with Crippen molar-refractivity contribution in [3.05, 3.63) is 40.0 Å². The predicted octanol–water partition coefficient (Wildman–Crippen LogP) is 2.12. The molecule has 1 saturated heterocycles. The number of aryl methyl sites for hydroxylation is 1. The molecule has 3 rings (SSSR count). The molecule has 1 aliphatic heterocycles. The number of nitrogens with one attached hydrogen (secondary N) is 2. The largest absolute Gasteiger partial charge is 0.356 e. The van der Waals surface area contributed by atoms with Crippen LogP contribution in [0.4, 0.5) is 5.82 Å². The summed E-state index contributed by atoms with van der Waals surface area (Å²) in [6, 6.07) is 4.14. The van der Waals surface area contributed by atoms with Crippen molar-refractivity contribution in [2.75, 3.05) is 51.7 Å². The highest BCUT2D eigenvalue weighted by Gasteiger charge is 2.17. The molecular formula is C19H30IN7S. The first kappa shape index (κ1) is 22.8. The minimum atomic E-state index is 0. The minimum absolute atomic E-state index is 0. The molecule has 28 heavy (non-hydrogen) atoms. The lowest BCUT2D eigenvalue weighted by Gasteiger charge is -2.34. The average molecular weight is 515 g/mol. The van der Waals surface area contributed by atoms with E-state index in [1.54, 1.807) is 18.4 Å². The number of hydrogen-bond acceptors (Lipinski definition) is 6. The van der Waals surface area contributed by atoms with Gasteiger partial charge in [-0.3, -0.25) is 4.99 Å². The zero-order valence-corrected chi connectivity index (χ0v) is 20.0. The van der Waals surface area contributed by atoms with E-state index < -0.39 is 0 Å². The summed E-state index contributed by atoms with van der Waals surface area (Å²) in [4.78, 5) is 18.2. The topological polar surface area (TPSA) is 68.7 Å². The van der Waals surface area contributed by atoms with E-state index >= 15 is 0 Å². The third-order valence-electron chi connectivity index (χ3n) is 4.68. The van der Waals surface area contributed by atoms with Crippen LogP contribution in [0.2, 0.25) is 0 Å². The van der Waals surface area contributed by atoms with Gasteiger partial charge in [0.15, 0.2) is 5.96 Å². The third kappa shape index (κ3) is 6.56. The van der Waals surface area contributed by atoms with Crippen LogP contribution in [0.25, 0.3) is 0 Å². The monoisotopic (exact) mass is 515 g/mol. The van der Waals surface area contributed by atoms with Crippen molar-refractivity contribution in [3.8, 4) is 0 Å². The van der Waals surface area contributed by atoms with Crippen LogP contribution in [0.15, 0.2) is 28.7 Å². The normalized spacial score (nSPS) is 15.2. The lowest BCUT2D eigenvalue weighted by atomic mass is 10.2. The van der Waals surface area contributed by atoms with Crippen molar-refractivity contribution >= 4 is 47.1 Å². The van der Waals surface area contributed by atoms with Crippen LogP contribution >= 0.6 is 35.3 Å². The van der Waals surface area contributed by atoms with Crippen LogP contribution in [0.5, 0.6) is 0 Å². The van der Waals surface area contributed by atoms with Gasteiger partial charge in [-0.05, 0) is 20.0 Å². The van der Waals surface area contributed by atoms with Gasteiger partial charge in [-0.1, -0.05) is 6.07 Å². The number of guanidine groups is 1. The van der Waals surface area contributed by atoms with E-state index in [1.165, 1.54) is 5.56 Å². The highest BCUT2D eigenvalue weighted by molar-refractivity contribution is 14.0. The number of thiazole rings is 1. The molecule has 0 aliphatic carbocycles. The molecule has 2 aromatic heterocycles. The molecule has 0 unspecified atom stereocenters. The van der Waals surface area contributed by atoms with E-state index in [2.05, 4.69) is 53.9 Å². The van der Waals surface area contributed by atoms with Crippen molar-refractivity contribution in [2.45, 2.75) is 19.9 Å². The summed E-state index contributed by atoms with van der Waals surface area (Å²) in [5.41, 5.74) is 2.32. The summed E-state index contributed by atoms with van der Waals surface area (Å²) in [7, 11) is 3.97. The molecule has 0 amide bonds. The number of anilines is 1. The Morgan fingerprint density at radius 1 is 1.25 bits per heavy atom. The van der Waals surface area contributed by atoms with E-state index in [0.717, 1.165) is 61.6 Å². The van der Waals surface area contributed by atoms with Gasteiger partial charge in [-0.2, -0.15) is 0 Å². The number of piperazine rings is 1. The van der Waals surface area contributed by atoms with Gasteiger partial charge in [0.1, 0.15) is 5.82 Å². The first-order valence-corrected chi connectivity index (χ1v) is 10.3. The Morgan fingerprint density at radius 2 is 2.04 bits per heavy atom. The Morgan fingerprint density at radius 3 is 2.71 bits per heavy atom. The van der Waals surface area contributed by atoms with Crippen LogP contribution in [0, 0.1) is 6.92 Å². The van der Waals surface area contributed by atoms with E-state index in [4.69, 9.17) is 0 Å². The lowest BCUT2D eigenvalue weighted by Crippen LogP contribution is -2.45. The van der Waals surface area contributed by atoms with Gasteiger partial charge in [0.25, 0.3) is 0 Å². The first-order chi connectivity index (χ1) is 13.2. The van der Waals surface area contributed by atoms with Crippen LogP contribution in [-0.4, -0.2) is 67.6 Å². The second-order valence-corrected chi connectivity index (χ2v) is 7.80. The fourth-order valence-electron chi connectivity index (χ4n) is 3.10. The highest BCUT2D eigenvalue weighted by Crippen LogP contribution is 2.18. The molecule has 1 aliphatic rings. The van der Waals surface area contributed by atoms with E-state index in [0.29, 0.717) is 6.54 Å². The number of nitrogens with zero attached hydrogens (tertiary/aromatic N) is 5. The second kappa shape index (κ2) is 11.5. The molecule has 3 heterocycles. The van der Waals surface area contributed by atoms with Gasteiger partial charge in [0.2, 0.25) is 0 Å². The first-order valence-electron chi connectivity index (χ1n) is 9.38. The van der Waals surface area contributed by atoms with Gasteiger partial charge in [-0.15, -0.1) is 35.3 Å². The zero-order valence-electron chi connectivity index (χ0n) is 16.8. The van der Waals surface area contributed by atoms with Crippen molar-refractivity contribution in [2.24, 2.45) is 4.99 Å². The number of pyridine rings is 1. The Balaban J connectivity index is 0.00000280. The summed E-state index contributed by atoms with van der Waals surface area (Å²) in [6.07, 6.45) is 2.77. The summed E-state index contributed by atoms with van der Waals surface area (Å²) in [5, 5.41) is 10.0. The molecule has 2 N–H and O–H groups in total. The molecule has 2 aromatic rings. The maximum Gasteiger partial charge on any atom is 0.191 e. The maximum absolute atomic E-state index is 4.64. The summed E-state index contributed by atoms with van der Waals surface area (Å²) in [6.45, 7) is 7.72. The van der Waals surface area contributed by atoms with Crippen molar-refractivity contribution in [3.63, 3.8) is 0 Å². The summed E-state index contributed by atoms with van der Waals surface area (Å²) >= 11 is 1.69. The van der Waals surface area contributed by atoms with Crippen molar-refractivity contribution in [1.29, 1.82) is 0 Å². The molecule has 7 nitrogen and oxygen atoms in total. The average Bonchev–Trinajstić information content (AvgIpc) is 3.10. The summed E-state index contributed by atoms with van der Waals surface area (Å²) in [5.74, 6) is 1.88. The number of aromatic nitrogens is 2. The summed E-state index contributed by atoms with van der Waals surface area (Å²) < 4.78 is 0. The van der Waals surface area contributed by atoms with E-state index in [-0.39, 0.29) is 24.0 Å². The quantitative estimate of drug-likeness (QED) is 0.349. The standard InChI is InChI=1S/C19H29N7S.HI/c1-15-24-17(14-27-15)6-8-22-19(20-2)23-13-16-5-4-7-21-18(16)26-11-9-25(3)10-12-26;/h4-5,7,14H,6,8-13H2,1-3H3,(H2,20,22,23);1H. The van der Waals surface area contributed by atoms with Crippen LogP contribution in [0.3, 0.4) is 0 Å². The molecule has 0 atom stereocenters. The fraction of sp³-hybridized carbons (Fsp3) is 0.526. The fourth-order valence-corrected chi connectivity index (χ4v) is 3.75. The van der Waals surface area contributed by atoms with Gasteiger partial charge in [0, 0.05) is 69.9 Å². The lowest BCUT2D eigenvalue weighted by molar-refractivity contribution is 0.312. The molecule has 9 heteroatoms. The van der Waals surface area contributed by atoms with Gasteiger partial charge >= 0.3 is 0 Å². The Bertz CT molecular complexity index is 756. The van der Waals surface area contributed by atoms with Gasteiger partial charge < -0.3 is 20.4 Å². The van der Waals surface area contributed by atoms with Crippen molar-refractivity contribution in [1.82, 2.24) is 25.5 Å². The van der Waals surface area contributed by atoms with E-state index in [1.807, 2.05) is 19.2 Å². The van der Waals surface area contributed by atoms with Gasteiger partial charge in [-0.25, -0.2) is 9.97 Å². The molecule has 0 aromatic carbocycles. The second-order valence-electron chi connectivity index (χ2n) is 6.74. The Hall–Kier alpha value is -1.46. The Kier molecular flexibility index (Phi) is 9.39. The number of aliphatic imine (C=N–C) groups is 1. The molecular weight excluding hydrogens is 485 g/mol. The van der Waals surface area contributed by atoms with Crippen LogP contribution in [-0.2, 0) is 13.0 Å². The molecule has 154 valence electrons. The smallest absolute Gasteiger partial charge is 0.191 e. The SMILES string of the molecule is CN=C(NCCc1csc(C)n1)NCc1cccnc1N1CCN(C)CC1.I. The highest BCUT2D eigenvalue weighted by atomic mass is 127. The number of hydrogen-bond donors (Lipinski definition) is 2. The minimum Gasteiger partial charge on any atom is -0.356 e. The molecule has 1 fully saturated rings. The number of halogens is 1. The molecule has 0 saturated carbocycles. The maximum atomic E-state index is 4.64. The Labute approximate surface area is 188 Å². The molecule has 0 spiro atoms. The van der Waals surface area contributed by atoms with Crippen molar-refractivity contribution < 1.29 is 0 Å². The van der Waals surface area contributed by atoms with Crippen LogP contribution in [0.1, 0.15) is 16.3 Å². The number of rotatable bonds is 6. The third-order valence-corrected chi connectivity index (χ3v) is 5.50. The van der Waals surface area contributed by atoms with Crippen LogP contribution < -0.4 is 15.5 Å². The predicted molar refractivity (Wildman–Crippen MR) is 128 cm³/mol.